The topological polar surface area (TPSA) is 63.2 Å². The number of benzene rings is 1. The molecule has 0 aromatic heterocycles. The van der Waals surface area contributed by atoms with Gasteiger partial charge in [0.1, 0.15) is 4.08 Å². The molecular weight excluding hydrogens is 270 g/mol. The average Bonchev–Trinajstić information content (AvgIpc) is 2.58. The summed E-state index contributed by atoms with van der Waals surface area (Å²) < 4.78 is 22.8. The van der Waals surface area contributed by atoms with Crippen molar-refractivity contribution in [3.05, 3.63) is 30.3 Å². The summed E-state index contributed by atoms with van der Waals surface area (Å²) >= 11 is 0. The second kappa shape index (κ2) is 5.32. The van der Waals surface area contributed by atoms with E-state index in [4.69, 9.17) is 0 Å². The third kappa shape index (κ3) is 2.70. The molecule has 1 heterocycles. The molecule has 1 aromatic carbocycles. The van der Waals surface area contributed by atoms with Crippen molar-refractivity contribution in [2.75, 3.05) is 16.8 Å². The minimum absolute atomic E-state index is 0.0289. The lowest BCUT2D eigenvalue weighted by Gasteiger charge is -2.20. The van der Waals surface area contributed by atoms with Crippen molar-refractivity contribution in [3.8, 4) is 0 Å². The van der Waals surface area contributed by atoms with E-state index in [1.54, 1.807) is 19.1 Å². The Hall–Kier alpha value is -1.01. The SMILES string of the molecule is CC1(CC(=O)Nc2ccccc2)[S@](=O)CC[S@@]1=O. The van der Waals surface area contributed by atoms with E-state index in [0.717, 1.165) is 0 Å². The van der Waals surface area contributed by atoms with Gasteiger partial charge in [-0.25, -0.2) is 0 Å². The maximum atomic E-state index is 11.9. The van der Waals surface area contributed by atoms with Gasteiger partial charge in [-0.1, -0.05) is 18.2 Å². The highest BCUT2D eigenvalue weighted by atomic mass is 32.3. The van der Waals surface area contributed by atoms with E-state index in [-0.39, 0.29) is 12.3 Å². The third-order valence-corrected chi connectivity index (χ3v) is 7.70. The summed E-state index contributed by atoms with van der Waals surface area (Å²) in [4.78, 5) is 11.9. The zero-order valence-electron chi connectivity index (χ0n) is 10.0. The van der Waals surface area contributed by atoms with Crippen LogP contribution in [0, 0.1) is 0 Å². The fourth-order valence-corrected chi connectivity index (χ4v) is 5.85. The maximum absolute atomic E-state index is 11.9. The molecule has 0 radical (unpaired) electrons. The molecular formula is C12H15NO3S2. The number of para-hydroxylation sites is 1. The second-order valence-electron chi connectivity index (χ2n) is 4.32. The normalized spacial score (nSPS) is 31.2. The summed E-state index contributed by atoms with van der Waals surface area (Å²) in [5, 5.41) is 2.73. The van der Waals surface area contributed by atoms with Crippen LogP contribution in [0.15, 0.2) is 30.3 Å². The largest absolute Gasteiger partial charge is 0.326 e. The lowest BCUT2D eigenvalue weighted by atomic mass is 10.2. The number of hydrogen-bond donors (Lipinski definition) is 1. The van der Waals surface area contributed by atoms with E-state index in [1.165, 1.54) is 0 Å². The fraction of sp³-hybridized carbons (Fsp3) is 0.417. The van der Waals surface area contributed by atoms with Gasteiger partial charge >= 0.3 is 0 Å². The van der Waals surface area contributed by atoms with Crippen LogP contribution in [0.2, 0.25) is 0 Å². The first-order valence-corrected chi connectivity index (χ1v) is 8.28. The van der Waals surface area contributed by atoms with E-state index >= 15 is 0 Å². The molecule has 1 saturated heterocycles. The lowest BCUT2D eigenvalue weighted by molar-refractivity contribution is -0.116. The molecule has 0 bridgehead atoms. The van der Waals surface area contributed by atoms with Crippen LogP contribution in [0.1, 0.15) is 13.3 Å². The van der Waals surface area contributed by atoms with Crippen molar-refractivity contribution in [1.29, 1.82) is 0 Å². The molecule has 1 aliphatic rings. The summed E-state index contributed by atoms with van der Waals surface area (Å²) in [5.74, 6) is 0.594. The van der Waals surface area contributed by atoms with Gasteiger partial charge in [0, 0.05) is 38.8 Å². The highest BCUT2D eigenvalue weighted by Gasteiger charge is 2.44. The summed E-state index contributed by atoms with van der Waals surface area (Å²) in [6.45, 7) is 1.66. The van der Waals surface area contributed by atoms with Crippen molar-refractivity contribution in [2.24, 2.45) is 0 Å². The molecule has 3 atom stereocenters. The Morgan fingerprint density at radius 3 is 2.33 bits per heavy atom. The fourth-order valence-electron chi connectivity index (χ4n) is 1.87. The van der Waals surface area contributed by atoms with Crippen LogP contribution in [-0.2, 0) is 26.4 Å². The Bertz CT molecular complexity index is 485. The molecule has 1 unspecified atom stereocenters. The van der Waals surface area contributed by atoms with Crippen molar-refractivity contribution in [3.63, 3.8) is 0 Å². The second-order valence-corrected chi connectivity index (χ2v) is 8.58. The lowest BCUT2D eigenvalue weighted by Crippen LogP contribution is -2.35. The van der Waals surface area contributed by atoms with Crippen molar-refractivity contribution in [1.82, 2.24) is 0 Å². The Kier molecular flexibility index (Phi) is 3.97. The van der Waals surface area contributed by atoms with Crippen LogP contribution in [0.25, 0.3) is 0 Å². The molecule has 1 amide bonds. The number of hydrogen-bond acceptors (Lipinski definition) is 3. The zero-order chi connectivity index (χ0) is 13.2. The predicted octanol–water partition coefficient (Wildman–Crippen LogP) is 1.24. The minimum atomic E-state index is -1.20. The van der Waals surface area contributed by atoms with E-state index in [9.17, 15) is 13.2 Å². The highest BCUT2D eigenvalue weighted by molar-refractivity contribution is 8.07. The van der Waals surface area contributed by atoms with Gasteiger partial charge in [-0.05, 0) is 19.1 Å². The van der Waals surface area contributed by atoms with Gasteiger partial charge in [-0.2, -0.15) is 0 Å². The zero-order valence-corrected chi connectivity index (χ0v) is 11.7. The van der Waals surface area contributed by atoms with Gasteiger partial charge in [0.2, 0.25) is 5.91 Å². The van der Waals surface area contributed by atoms with E-state index in [1.807, 2.05) is 18.2 Å². The monoisotopic (exact) mass is 285 g/mol. The van der Waals surface area contributed by atoms with Crippen molar-refractivity contribution in [2.45, 2.75) is 17.4 Å². The van der Waals surface area contributed by atoms with E-state index in [2.05, 4.69) is 5.32 Å². The molecule has 1 N–H and O–H groups in total. The van der Waals surface area contributed by atoms with Gasteiger partial charge in [-0.3, -0.25) is 13.2 Å². The Morgan fingerprint density at radius 2 is 1.78 bits per heavy atom. The summed E-state index contributed by atoms with van der Waals surface area (Å²) in [7, 11) is -2.39. The molecule has 1 aliphatic heterocycles. The Morgan fingerprint density at radius 1 is 1.22 bits per heavy atom. The molecule has 6 heteroatoms. The summed E-state index contributed by atoms with van der Waals surface area (Å²) in [5.41, 5.74) is 0.695. The summed E-state index contributed by atoms with van der Waals surface area (Å²) in [6.07, 6.45) is 0.0289. The van der Waals surface area contributed by atoms with E-state index in [0.29, 0.717) is 17.2 Å². The van der Waals surface area contributed by atoms with Crippen molar-refractivity contribution < 1.29 is 13.2 Å². The number of amides is 1. The molecule has 18 heavy (non-hydrogen) atoms. The van der Waals surface area contributed by atoms with Gasteiger partial charge in [0.05, 0.1) is 6.42 Å². The van der Waals surface area contributed by atoms with Gasteiger partial charge in [0.25, 0.3) is 0 Å². The smallest absolute Gasteiger partial charge is 0.226 e. The average molecular weight is 285 g/mol. The number of anilines is 1. The Balaban J connectivity index is 2.04. The van der Waals surface area contributed by atoms with Crippen LogP contribution in [0.4, 0.5) is 5.69 Å². The molecule has 98 valence electrons. The highest BCUT2D eigenvalue weighted by Crippen LogP contribution is 2.30. The molecule has 1 aromatic rings. The van der Waals surface area contributed by atoms with Crippen LogP contribution < -0.4 is 5.32 Å². The van der Waals surface area contributed by atoms with Gasteiger partial charge in [0.15, 0.2) is 0 Å². The van der Waals surface area contributed by atoms with Gasteiger partial charge in [-0.15, -0.1) is 0 Å². The van der Waals surface area contributed by atoms with Crippen LogP contribution in [-0.4, -0.2) is 29.9 Å². The van der Waals surface area contributed by atoms with Crippen LogP contribution >= 0.6 is 0 Å². The first-order valence-electron chi connectivity index (χ1n) is 5.64. The molecule has 2 rings (SSSR count). The Labute approximate surface area is 111 Å². The molecule has 0 aliphatic carbocycles. The van der Waals surface area contributed by atoms with Crippen LogP contribution in [0.5, 0.6) is 0 Å². The number of rotatable bonds is 3. The first-order chi connectivity index (χ1) is 8.52. The number of carbonyl (C=O) groups excluding carboxylic acids is 1. The first kappa shape index (κ1) is 13.4. The predicted molar refractivity (Wildman–Crippen MR) is 74.1 cm³/mol. The molecule has 1 fully saturated rings. The van der Waals surface area contributed by atoms with Gasteiger partial charge < -0.3 is 5.32 Å². The molecule has 0 saturated carbocycles. The van der Waals surface area contributed by atoms with E-state index < -0.39 is 25.7 Å². The number of carbonyl (C=O) groups is 1. The van der Waals surface area contributed by atoms with Crippen LogP contribution in [0.3, 0.4) is 0 Å². The molecule has 0 spiro atoms. The standard InChI is InChI=1S/C12H15NO3S2/c1-12(17(15)7-8-18(12)16)9-11(14)13-10-5-3-2-4-6-10/h2-6H,7-9H2,1H3,(H,13,14)/t12?,17-,18+. The quantitative estimate of drug-likeness (QED) is 0.909. The maximum Gasteiger partial charge on any atom is 0.226 e. The minimum Gasteiger partial charge on any atom is -0.326 e. The number of nitrogens with one attached hydrogen (secondary N) is 1. The van der Waals surface area contributed by atoms with Crippen molar-refractivity contribution >= 4 is 33.2 Å². The molecule has 4 nitrogen and oxygen atoms in total. The summed E-state index contributed by atoms with van der Waals surface area (Å²) in [6, 6.07) is 9.07. The third-order valence-electron chi connectivity index (χ3n) is 2.96.